The Morgan fingerprint density at radius 1 is 0.853 bits per heavy atom. The third-order valence-corrected chi connectivity index (χ3v) is 6.79. The minimum atomic E-state index is -0.123. The highest BCUT2D eigenvalue weighted by Crippen LogP contribution is 2.16. The molecule has 3 aromatic rings. The summed E-state index contributed by atoms with van der Waals surface area (Å²) in [6, 6.07) is 14.4. The lowest BCUT2D eigenvalue weighted by Crippen LogP contribution is -2.51. The summed E-state index contributed by atoms with van der Waals surface area (Å²) in [7, 11) is 0. The van der Waals surface area contributed by atoms with Crippen LogP contribution in [0.4, 0.5) is 0 Å². The van der Waals surface area contributed by atoms with Gasteiger partial charge in [-0.05, 0) is 56.2 Å². The van der Waals surface area contributed by atoms with E-state index in [2.05, 4.69) is 9.88 Å². The number of hydrogen-bond donors (Lipinski definition) is 0. The summed E-state index contributed by atoms with van der Waals surface area (Å²) in [6.07, 6.45) is 2.19. The first-order valence-electron chi connectivity index (χ1n) is 11.9. The number of fused-ring (bicyclic) bond motifs is 1. The van der Waals surface area contributed by atoms with Crippen molar-refractivity contribution in [2.45, 2.75) is 19.8 Å². The first-order valence-corrected chi connectivity index (χ1v) is 11.9. The maximum absolute atomic E-state index is 13.0. The second-order valence-electron chi connectivity index (χ2n) is 9.02. The predicted molar refractivity (Wildman–Crippen MR) is 130 cm³/mol. The standard InChI is InChI=1S/C26H29N5O3/c1-19-27-23-7-3-2-6-22(23)26(34)31(19)21-10-8-20(9-11-21)25(33)30-16-14-28(15-17-30)18-24(32)29-12-4-5-13-29/h2-3,6-11H,4-5,12-18H2,1H3. The Bertz CT molecular complexity index is 1270. The highest BCUT2D eigenvalue weighted by molar-refractivity contribution is 5.94. The fraction of sp³-hybridized carbons (Fsp3) is 0.385. The fourth-order valence-electron chi connectivity index (χ4n) is 4.85. The molecule has 1 aromatic heterocycles. The quantitative estimate of drug-likeness (QED) is 0.597. The molecule has 0 unspecified atom stereocenters. The molecule has 5 rings (SSSR count). The summed E-state index contributed by atoms with van der Waals surface area (Å²) >= 11 is 0. The van der Waals surface area contributed by atoms with Gasteiger partial charge in [0, 0.05) is 44.8 Å². The van der Waals surface area contributed by atoms with Crippen LogP contribution in [-0.2, 0) is 4.79 Å². The zero-order valence-corrected chi connectivity index (χ0v) is 19.4. The lowest BCUT2D eigenvalue weighted by Gasteiger charge is -2.35. The molecular weight excluding hydrogens is 430 g/mol. The molecule has 2 fully saturated rings. The lowest BCUT2D eigenvalue weighted by molar-refractivity contribution is -0.131. The van der Waals surface area contributed by atoms with Gasteiger partial charge in [-0.25, -0.2) is 4.98 Å². The number of hydrogen-bond acceptors (Lipinski definition) is 5. The number of piperazine rings is 1. The second-order valence-corrected chi connectivity index (χ2v) is 9.02. The van der Waals surface area contributed by atoms with Gasteiger partial charge in [0.2, 0.25) is 5.91 Å². The molecule has 2 aliphatic heterocycles. The van der Waals surface area contributed by atoms with E-state index in [1.54, 1.807) is 41.8 Å². The van der Waals surface area contributed by atoms with Crippen LogP contribution in [0.2, 0.25) is 0 Å². The van der Waals surface area contributed by atoms with Gasteiger partial charge >= 0.3 is 0 Å². The number of para-hydroxylation sites is 1. The average molecular weight is 460 g/mol. The van der Waals surface area contributed by atoms with E-state index >= 15 is 0 Å². The van der Waals surface area contributed by atoms with Crippen molar-refractivity contribution in [1.82, 2.24) is 24.3 Å². The van der Waals surface area contributed by atoms with Crippen molar-refractivity contribution in [3.63, 3.8) is 0 Å². The number of nitrogens with zero attached hydrogens (tertiary/aromatic N) is 5. The maximum atomic E-state index is 13.0. The number of amides is 2. The van der Waals surface area contributed by atoms with Gasteiger partial charge in [0.25, 0.3) is 11.5 Å². The number of carbonyl (C=O) groups excluding carboxylic acids is 2. The van der Waals surface area contributed by atoms with Crippen molar-refractivity contribution in [3.05, 3.63) is 70.3 Å². The Morgan fingerprint density at radius 3 is 2.24 bits per heavy atom. The van der Waals surface area contributed by atoms with Crippen molar-refractivity contribution in [2.24, 2.45) is 0 Å². The fourth-order valence-corrected chi connectivity index (χ4v) is 4.85. The third-order valence-electron chi connectivity index (χ3n) is 6.79. The van der Waals surface area contributed by atoms with Gasteiger partial charge in [-0.15, -0.1) is 0 Å². The summed E-state index contributed by atoms with van der Waals surface area (Å²) in [6.45, 7) is 6.57. The van der Waals surface area contributed by atoms with Crippen molar-refractivity contribution in [3.8, 4) is 5.69 Å². The van der Waals surface area contributed by atoms with E-state index in [1.165, 1.54) is 0 Å². The Hall–Kier alpha value is -3.52. The largest absolute Gasteiger partial charge is 0.342 e. The van der Waals surface area contributed by atoms with Crippen LogP contribution in [0.25, 0.3) is 16.6 Å². The molecule has 8 nitrogen and oxygen atoms in total. The van der Waals surface area contributed by atoms with Crippen molar-refractivity contribution < 1.29 is 9.59 Å². The van der Waals surface area contributed by atoms with Gasteiger partial charge in [0.15, 0.2) is 0 Å². The molecule has 0 aliphatic carbocycles. The van der Waals surface area contributed by atoms with Crippen LogP contribution in [0.5, 0.6) is 0 Å². The summed E-state index contributed by atoms with van der Waals surface area (Å²) < 4.78 is 1.58. The molecule has 3 heterocycles. The van der Waals surface area contributed by atoms with Crippen LogP contribution in [0.15, 0.2) is 53.3 Å². The molecule has 0 saturated carbocycles. The van der Waals surface area contributed by atoms with Gasteiger partial charge in [-0.1, -0.05) is 12.1 Å². The molecule has 176 valence electrons. The molecular formula is C26H29N5O3. The van der Waals surface area contributed by atoms with E-state index in [-0.39, 0.29) is 17.4 Å². The molecule has 0 radical (unpaired) electrons. The Balaban J connectivity index is 1.25. The zero-order valence-electron chi connectivity index (χ0n) is 19.4. The summed E-state index contributed by atoms with van der Waals surface area (Å²) in [5.74, 6) is 0.765. The number of likely N-dealkylation sites (tertiary alicyclic amines) is 1. The van der Waals surface area contributed by atoms with Crippen molar-refractivity contribution in [2.75, 3.05) is 45.8 Å². The van der Waals surface area contributed by atoms with Gasteiger partial charge < -0.3 is 9.80 Å². The number of aromatic nitrogens is 2. The number of rotatable bonds is 4. The van der Waals surface area contributed by atoms with E-state index in [9.17, 15) is 14.4 Å². The molecule has 34 heavy (non-hydrogen) atoms. The third kappa shape index (κ3) is 4.33. The van der Waals surface area contributed by atoms with Gasteiger partial charge in [-0.3, -0.25) is 23.9 Å². The molecule has 2 saturated heterocycles. The minimum Gasteiger partial charge on any atom is -0.342 e. The Labute approximate surface area is 198 Å². The van der Waals surface area contributed by atoms with Crippen LogP contribution in [-0.4, -0.2) is 81.9 Å². The summed E-state index contributed by atoms with van der Waals surface area (Å²) in [4.78, 5) is 48.9. The monoisotopic (exact) mass is 459 g/mol. The first-order chi connectivity index (χ1) is 16.5. The normalized spacial score (nSPS) is 16.9. The van der Waals surface area contributed by atoms with Gasteiger partial charge in [-0.2, -0.15) is 0 Å². The molecule has 2 aliphatic rings. The Morgan fingerprint density at radius 2 is 1.53 bits per heavy atom. The zero-order chi connectivity index (χ0) is 23.7. The average Bonchev–Trinajstić information content (AvgIpc) is 3.40. The first kappa shape index (κ1) is 22.3. The minimum absolute atomic E-state index is 0.0298. The molecule has 8 heteroatoms. The molecule has 2 amide bonds. The topological polar surface area (TPSA) is 78.8 Å². The number of benzene rings is 2. The van der Waals surface area contributed by atoms with Crippen LogP contribution in [0, 0.1) is 6.92 Å². The number of aryl methyl sites for hydroxylation is 1. The SMILES string of the molecule is Cc1nc2ccccc2c(=O)n1-c1ccc(C(=O)N2CCN(CC(=O)N3CCCC3)CC2)cc1. The van der Waals surface area contributed by atoms with E-state index in [0.717, 1.165) is 25.9 Å². The number of carbonyl (C=O) groups is 2. The summed E-state index contributed by atoms with van der Waals surface area (Å²) in [5.41, 5.74) is 1.82. The van der Waals surface area contributed by atoms with E-state index in [0.29, 0.717) is 60.7 Å². The van der Waals surface area contributed by atoms with E-state index in [1.807, 2.05) is 28.0 Å². The molecule has 0 bridgehead atoms. The van der Waals surface area contributed by atoms with E-state index < -0.39 is 0 Å². The summed E-state index contributed by atoms with van der Waals surface area (Å²) in [5, 5.41) is 0.564. The van der Waals surface area contributed by atoms with Crippen molar-refractivity contribution >= 4 is 22.7 Å². The van der Waals surface area contributed by atoms with Gasteiger partial charge in [0.05, 0.1) is 23.1 Å². The smallest absolute Gasteiger partial charge is 0.265 e. The molecule has 2 aromatic carbocycles. The van der Waals surface area contributed by atoms with Crippen LogP contribution >= 0.6 is 0 Å². The highest BCUT2D eigenvalue weighted by atomic mass is 16.2. The molecule has 0 spiro atoms. The van der Waals surface area contributed by atoms with Crippen LogP contribution in [0.1, 0.15) is 29.0 Å². The Kier molecular flexibility index (Phi) is 6.15. The highest BCUT2D eigenvalue weighted by Gasteiger charge is 2.26. The molecule has 0 atom stereocenters. The second kappa shape index (κ2) is 9.38. The van der Waals surface area contributed by atoms with Crippen LogP contribution < -0.4 is 5.56 Å². The maximum Gasteiger partial charge on any atom is 0.265 e. The predicted octanol–water partition coefficient (Wildman–Crippen LogP) is 2.07. The molecule has 0 N–H and O–H groups in total. The van der Waals surface area contributed by atoms with Crippen LogP contribution in [0.3, 0.4) is 0 Å². The van der Waals surface area contributed by atoms with Gasteiger partial charge in [0.1, 0.15) is 5.82 Å². The lowest BCUT2D eigenvalue weighted by atomic mass is 10.1. The van der Waals surface area contributed by atoms with E-state index in [4.69, 9.17) is 0 Å². The van der Waals surface area contributed by atoms with Crippen molar-refractivity contribution in [1.29, 1.82) is 0 Å².